The van der Waals surface area contributed by atoms with E-state index in [9.17, 15) is 0 Å². The van der Waals surface area contributed by atoms with Crippen molar-refractivity contribution in [3.05, 3.63) is 59.2 Å². The Balaban J connectivity index is 1.83. The van der Waals surface area contributed by atoms with Crippen molar-refractivity contribution in [1.29, 1.82) is 0 Å². The lowest BCUT2D eigenvalue weighted by Gasteiger charge is -2.20. The number of fused-ring (bicyclic) bond motifs is 1. The summed E-state index contributed by atoms with van der Waals surface area (Å²) in [6, 6.07) is 13.8. The quantitative estimate of drug-likeness (QED) is 0.797. The second-order valence-corrected chi connectivity index (χ2v) is 4.61. The molecule has 3 rings (SSSR count). The van der Waals surface area contributed by atoms with Crippen molar-refractivity contribution in [2.75, 3.05) is 11.0 Å². The van der Waals surface area contributed by atoms with E-state index in [2.05, 4.69) is 12.1 Å². The standard InChI is InChI=1S/C15H16N2O2/c1-11-8-14(6-7-15(11)16)17-18-9-12-4-2-3-5-13(12)10-19-17/h2-8H,9-10,16H2,1H3. The molecular formula is C15H16N2O2. The summed E-state index contributed by atoms with van der Waals surface area (Å²) in [6.45, 7) is 2.96. The van der Waals surface area contributed by atoms with Gasteiger partial charge in [-0.15, -0.1) is 5.23 Å². The number of rotatable bonds is 1. The van der Waals surface area contributed by atoms with E-state index in [1.54, 1.807) is 0 Å². The van der Waals surface area contributed by atoms with Crippen LogP contribution in [0.4, 0.5) is 11.4 Å². The van der Waals surface area contributed by atoms with Gasteiger partial charge in [-0.05, 0) is 41.8 Å². The van der Waals surface area contributed by atoms with E-state index in [1.165, 1.54) is 5.23 Å². The Kier molecular flexibility index (Phi) is 3.11. The summed E-state index contributed by atoms with van der Waals surface area (Å²) in [5.41, 5.74) is 10.7. The maximum Gasteiger partial charge on any atom is 0.103 e. The third-order valence-corrected chi connectivity index (χ3v) is 3.26. The largest absolute Gasteiger partial charge is 0.399 e. The van der Waals surface area contributed by atoms with Crippen LogP contribution in [0.25, 0.3) is 0 Å². The average molecular weight is 256 g/mol. The molecule has 0 saturated carbocycles. The topological polar surface area (TPSA) is 47.7 Å². The lowest BCUT2D eigenvalue weighted by Crippen LogP contribution is -2.21. The minimum atomic E-state index is 0.500. The van der Waals surface area contributed by atoms with Gasteiger partial charge in [-0.3, -0.25) is 0 Å². The molecule has 0 saturated heterocycles. The second kappa shape index (κ2) is 4.91. The number of aryl methyl sites for hydroxylation is 1. The maximum atomic E-state index is 5.82. The van der Waals surface area contributed by atoms with Crippen LogP contribution in [0.2, 0.25) is 0 Å². The molecule has 98 valence electrons. The van der Waals surface area contributed by atoms with Gasteiger partial charge < -0.3 is 5.73 Å². The Labute approximate surface area is 112 Å². The molecule has 0 aliphatic carbocycles. The molecule has 19 heavy (non-hydrogen) atoms. The molecule has 0 spiro atoms. The smallest absolute Gasteiger partial charge is 0.103 e. The Morgan fingerprint density at radius 2 is 1.63 bits per heavy atom. The van der Waals surface area contributed by atoms with E-state index in [1.807, 2.05) is 37.3 Å². The van der Waals surface area contributed by atoms with E-state index < -0.39 is 0 Å². The monoisotopic (exact) mass is 256 g/mol. The van der Waals surface area contributed by atoms with Crippen molar-refractivity contribution in [2.45, 2.75) is 20.1 Å². The minimum Gasteiger partial charge on any atom is -0.399 e. The molecular weight excluding hydrogens is 240 g/mol. The van der Waals surface area contributed by atoms with Crippen LogP contribution in [-0.4, -0.2) is 0 Å². The summed E-state index contributed by atoms with van der Waals surface area (Å²) in [5.74, 6) is 0. The Morgan fingerprint density at radius 3 is 2.21 bits per heavy atom. The first-order chi connectivity index (χ1) is 9.24. The lowest BCUT2D eigenvalue weighted by atomic mass is 10.1. The molecule has 1 aliphatic heterocycles. The Morgan fingerprint density at radius 1 is 1.00 bits per heavy atom. The number of hydrogen-bond donors (Lipinski definition) is 1. The SMILES string of the molecule is Cc1cc(N2OCc3ccccc3CO2)ccc1N. The maximum absolute atomic E-state index is 5.82. The molecule has 1 heterocycles. The molecule has 0 amide bonds. The fraction of sp³-hybridized carbons (Fsp3) is 0.200. The number of nitrogen functional groups attached to an aromatic ring is 1. The van der Waals surface area contributed by atoms with E-state index in [0.29, 0.717) is 13.2 Å². The highest BCUT2D eigenvalue weighted by atomic mass is 16.9. The van der Waals surface area contributed by atoms with Gasteiger partial charge in [-0.25, -0.2) is 9.68 Å². The van der Waals surface area contributed by atoms with Gasteiger partial charge in [-0.2, -0.15) is 0 Å². The molecule has 2 N–H and O–H groups in total. The number of anilines is 2. The summed E-state index contributed by atoms with van der Waals surface area (Å²) < 4.78 is 0. The zero-order valence-electron chi connectivity index (χ0n) is 10.8. The predicted octanol–water partition coefficient (Wildman–Crippen LogP) is 2.96. The highest BCUT2D eigenvalue weighted by Gasteiger charge is 2.16. The number of nitrogens with zero attached hydrogens (tertiary/aromatic N) is 1. The fourth-order valence-electron chi connectivity index (χ4n) is 2.06. The Bertz CT molecular complexity index is 571. The number of benzene rings is 2. The normalized spacial score (nSPS) is 14.9. The highest BCUT2D eigenvalue weighted by molar-refractivity contribution is 5.56. The van der Waals surface area contributed by atoms with E-state index in [-0.39, 0.29) is 0 Å². The second-order valence-electron chi connectivity index (χ2n) is 4.61. The van der Waals surface area contributed by atoms with E-state index >= 15 is 0 Å². The van der Waals surface area contributed by atoms with E-state index in [0.717, 1.165) is 28.1 Å². The summed E-state index contributed by atoms with van der Waals surface area (Å²) in [7, 11) is 0. The van der Waals surface area contributed by atoms with Crippen LogP contribution in [0.3, 0.4) is 0 Å². The third-order valence-electron chi connectivity index (χ3n) is 3.26. The molecule has 0 unspecified atom stereocenters. The van der Waals surface area contributed by atoms with Gasteiger partial charge >= 0.3 is 0 Å². The molecule has 4 nitrogen and oxygen atoms in total. The van der Waals surface area contributed by atoms with Crippen molar-refractivity contribution in [2.24, 2.45) is 0 Å². The third kappa shape index (κ3) is 2.41. The van der Waals surface area contributed by atoms with Gasteiger partial charge in [0.1, 0.15) is 13.2 Å². The van der Waals surface area contributed by atoms with Crippen LogP contribution in [0.1, 0.15) is 16.7 Å². The van der Waals surface area contributed by atoms with Crippen LogP contribution in [0, 0.1) is 6.92 Å². The van der Waals surface area contributed by atoms with Crippen LogP contribution in [0.5, 0.6) is 0 Å². The van der Waals surface area contributed by atoms with Gasteiger partial charge in [0.05, 0.1) is 5.69 Å². The molecule has 2 aromatic carbocycles. The fourth-order valence-corrected chi connectivity index (χ4v) is 2.06. The first-order valence-corrected chi connectivity index (χ1v) is 6.23. The summed E-state index contributed by atoms with van der Waals surface area (Å²) >= 11 is 0. The molecule has 0 aromatic heterocycles. The summed E-state index contributed by atoms with van der Waals surface area (Å²) in [4.78, 5) is 11.4. The summed E-state index contributed by atoms with van der Waals surface area (Å²) in [5, 5.41) is 1.46. The number of hydrogen-bond acceptors (Lipinski definition) is 4. The summed E-state index contributed by atoms with van der Waals surface area (Å²) in [6.07, 6.45) is 0. The average Bonchev–Trinajstić information content (AvgIpc) is 2.64. The molecule has 0 fully saturated rings. The molecule has 0 bridgehead atoms. The van der Waals surface area contributed by atoms with E-state index in [4.69, 9.17) is 15.4 Å². The van der Waals surface area contributed by atoms with Crippen LogP contribution in [-0.2, 0) is 22.9 Å². The predicted molar refractivity (Wildman–Crippen MR) is 74.1 cm³/mol. The number of nitrogens with two attached hydrogens (primary N) is 1. The zero-order chi connectivity index (χ0) is 13.2. The van der Waals surface area contributed by atoms with Gasteiger partial charge in [0, 0.05) is 5.69 Å². The lowest BCUT2D eigenvalue weighted by molar-refractivity contribution is -0.0953. The van der Waals surface area contributed by atoms with Crippen molar-refractivity contribution in [1.82, 2.24) is 0 Å². The van der Waals surface area contributed by atoms with Crippen molar-refractivity contribution < 1.29 is 9.68 Å². The minimum absolute atomic E-state index is 0.500. The van der Waals surface area contributed by atoms with Crippen LogP contribution >= 0.6 is 0 Å². The van der Waals surface area contributed by atoms with Crippen LogP contribution in [0.15, 0.2) is 42.5 Å². The molecule has 2 aromatic rings. The van der Waals surface area contributed by atoms with Gasteiger partial charge in [0.2, 0.25) is 0 Å². The molecule has 1 aliphatic rings. The van der Waals surface area contributed by atoms with Crippen molar-refractivity contribution in [3.63, 3.8) is 0 Å². The first-order valence-electron chi connectivity index (χ1n) is 6.23. The van der Waals surface area contributed by atoms with Gasteiger partial charge in [0.15, 0.2) is 0 Å². The van der Waals surface area contributed by atoms with Gasteiger partial charge in [0.25, 0.3) is 0 Å². The Hall–Kier alpha value is -2.04. The van der Waals surface area contributed by atoms with Crippen molar-refractivity contribution in [3.8, 4) is 0 Å². The highest BCUT2D eigenvalue weighted by Crippen LogP contribution is 2.25. The van der Waals surface area contributed by atoms with Gasteiger partial charge in [-0.1, -0.05) is 24.3 Å². The molecule has 0 radical (unpaired) electrons. The molecule has 4 heteroatoms. The zero-order valence-corrected chi connectivity index (χ0v) is 10.8. The first kappa shape index (κ1) is 12.0. The molecule has 0 atom stereocenters. The van der Waals surface area contributed by atoms with Crippen LogP contribution < -0.4 is 11.0 Å². The van der Waals surface area contributed by atoms with Crippen molar-refractivity contribution >= 4 is 11.4 Å².